The Morgan fingerprint density at radius 2 is 1.83 bits per heavy atom. The van der Waals surface area contributed by atoms with Gasteiger partial charge in [-0.15, -0.1) is 0 Å². The maximum Gasteiger partial charge on any atom is 0.190 e. The molecule has 0 bridgehead atoms. The van der Waals surface area contributed by atoms with E-state index >= 15 is 0 Å². The molecule has 1 atom stereocenters. The number of fused-ring (bicyclic) bond motifs is 1. The molecule has 120 valence electrons. The van der Waals surface area contributed by atoms with Crippen molar-refractivity contribution in [3.63, 3.8) is 0 Å². The van der Waals surface area contributed by atoms with E-state index in [1.165, 1.54) is 16.7 Å². The van der Waals surface area contributed by atoms with Crippen LogP contribution in [-0.2, 0) is 0 Å². The summed E-state index contributed by atoms with van der Waals surface area (Å²) in [5, 5.41) is 9.53. The van der Waals surface area contributed by atoms with Gasteiger partial charge in [0.1, 0.15) is 12.2 Å². The Morgan fingerprint density at radius 1 is 1.12 bits per heavy atom. The Kier molecular flexibility index (Phi) is 3.70. The highest BCUT2D eigenvalue weighted by Crippen LogP contribution is 2.48. The number of nitriles is 1. The van der Waals surface area contributed by atoms with Crippen molar-refractivity contribution in [3.05, 3.63) is 57.9 Å². The van der Waals surface area contributed by atoms with Gasteiger partial charge in [0.15, 0.2) is 5.69 Å². The van der Waals surface area contributed by atoms with Gasteiger partial charge in [-0.2, -0.15) is 5.26 Å². The monoisotopic (exact) mass is 316 g/mol. The summed E-state index contributed by atoms with van der Waals surface area (Å²) in [6, 6.07) is 10.2. The van der Waals surface area contributed by atoms with Crippen LogP contribution in [0.25, 0.3) is 4.85 Å². The standard InChI is InChI=1S/C20H20N4/c1-12-7-13(2)14(3)18(8-12)24-15(4)23(6)20-16(11-21)9-17(22-5)10-19(20)24/h7-10,15H,1-4,6H3/t15-/m0/s1. The first-order chi connectivity index (χ1) is 11.4. The van der Waals surface area contributed by atoms with Crippen LogP contribution in [0.15, 0.2) is 24.3 Å². The normalized spacial score (nSPS) is 15.9. The fraction of sp³-hybridized carbons (Fsp3) is 0.300. The van der Waals surface area contributed by atoms with Crippen molar-refractivity contribution in [2.75, 3.05) is 16.8 Å². The Morgan fingerprint density at radius 3 is 2.46 bits per heavy atom. The first-order valence-electron chi connectivity index (χ1n) is 7.94. The zero-order valence-electron chi connectivity index (χ0n) is 14.7. The SMILES string of the molecule is [C-]#[N+]c1cc(C#N)c2c(c1)N(c1cc(C)cc(C)c1C)[C@@H](C)N2C. The largest absolute Gasteiger partial charge is 0.352 e. The summed E-state index contributed by atoms with van der Waals surface area (Å²) < 4.78 is 0. The van der Waals surface area contributed by atoms with E-state index in [4.69, 9.17) is 6.57 Å². The van der Waals surface area contributed by atoms with E-state index in [0.29, 0.717) is 11.3 Å². The second-order valence-electron chi connectivity index (χ2n) is 6.42. The minimum Gasteiger partial charge on any atom is -0.352 e. The van der Waals surface area contributed by atoms with Gasteiger partial charge in [0, 0.05) is 12.7 Å². The number of aryl methyl sites for hydroxylation is 2. The highest BCUT2D eigenvalue weighted by molar-refractivity contribution is 5.90. The zero-order chi connectivity index (χ0) is 17.6. The highest BCUT2D eigenvalue weighted by Gasteiger charge is 2.34. The van der Waals surface area contributed by atoms with Gasteiger partial charge in [-0.25, -0.2) is 4.85 Å². The van der Waals surface area contributed by atoms with E-state index in [2.05, 4.69) is 60.5 Å². The second-order valence-corrected chi connectivity index (χ2v) is 6.42. The molecule has 1 aliphatic rings. The Bertz CT molecular complexity index is 915. The van der Waals surface area contributed by atoms with Gasteiger partial charge in [-0.3, -0.25) is 0 Å². The lowest BCUT2D eigenvalue weighted by molar-refractivity contribution is 0.731. The first kappa shape index (κ1) is 15.9. The molecular weight excluding hydrogens is 296 g/mol. The molecule has 4 heteroatoms. The fourth-order valence-electron chi connectivity index (χ4n) is 3.47. The smallest absolute Gasteiger partial charge is 0.190 e. The van der Waals surface area contributed by atoms with E-state index < -0.39 is 0 Å². The van der Waals surface area contributed by atoms with Crippen molar-refractivity contribution in [3.8, 4) is 6.07 Å². The van der Waals surface area contributed by atoms with Crippen molar-refractivity contribution in [1.29, 1.82) is 5.26 Å². The highest BCUT2D eigenvalue weighted by atomic mass is 15.4. The molecular formula is C20H20N4. The molecule has 0 spiro atoms. The molecule has 4 nitrogen and oxygen atoms in total. The lowest BCUT2D eigenvalue weighted by atomic mass is 10.0. The Balaban J connectivity index is 2.32. The van der Waals surface area contributed by atoms with Gasteiger partial charge < -0.3 is 9.80 Å². The van der Waals surface area contributed by atoms with Crippen molar-refractivity contribution in [2.45, 2.75) is 33.9 Å². The summed E-state index contributed by atoms with van der Waals surface area (Å²) in [5.74, 6) is 0. The minimum atomic E-state index is 0.0768. The summed E-state index contributed by atoms with van der Waals surface area (Å²) in [7, 11) is 2.00. The molecule has 0 fully saturated rings. The molecule has 0 aromatic heterocycles. The second kappa shape index (κ2) is 5.58. The average molecular weight is 316 g/mol. The number of hydrogen-bond donors (Lipinski definition) is 0. The van der Waals surface area contributed by atoms with Crippen LogP contribution < -0.4 is 9.80 Å². The minimum absolute atomic E-state index is 0.0768. The third-order valence-corrected chi connectivity index (χ3v) is 4.91. The van der Waals surface area contributed by atoms with Crippen LogP contribution >= 0.6 is 0 Å². The van der Waals surface area contributed by atoms with Crippen LogP contribution in [0.4, 0.5) is 22.7 Å². The van der Waals surface area contributed by atoms with Crippen LogP contribution in [-0.4, -0.2) is 13.2 Å². The predicted octanol–water partition coefficient (Wildman–Crippen LogP) is 4.97. The summed E-state index contributed by atoms with van der Waals surface area (Å²) in [4.78, 5) is 7.89. The van der Waals surface area contributed by atoms with Crippen molar-refractivity contribution in [1.82, 2.24) is 0 Å². The van der Waals surface area contributed by atoms with Crippen LogP contribution in [0, 0.1) is 38.7 Å². The number of anilines is 3. The molecule has 2 aromatic carbocycles. The summed E-state index contributed by atoms with van der Waals surface area (Å²) in [5.41, 5.74) is 7.70. The van der Waals surface area contributed by atoms with Crippen LogP contribution in [0.5, 0.6) is 0 Å². The number of hydrogen-bond acceptors (Lipinski definition) is 3. The molecule has 0 saturated heterocycles. The van der Waals surface area contributed by atoms with E-state index in [0.717, 1.165) is 17.1 Å². The molecule has 0 unspecified atom stereocenters. The van der Waals surface area contributed by atoms with Gasteiger partial charge >= 0.3 is 0 Å². The topological polar surface area (TPSA) is 34.6 Å². The van der Waals surface area contributed by atoms with Crippen molar-refractivity contribution >= 4 is 22.7 Å². The molecule has 1 aliphatic heterocycles. The predicted molar refractivity (Wildman–Crippen MR) is 98.1 cm³/mol. The average Bonchev–Trinajstić information content (AvgIpc) is 2.81. The summed E-state index contributed by atoms with van der Waals surface area (Å²) in [6.45, 7) is 15.8. The molecule has 0 radical (unpaired) electrons. The Labute approximate surface area is 143 Å². The van der Waals surface area contributed by atoms with Crippen LogP contribution in [0.1, 0.15) is 29.2 Å². The molecule has 0 aliphatic carbocycles. The molecule has 1 heterocycles. The quantitative estimate of drug-likeness (QED) is 0.697. The van der Waals surface area contributed by atoms with E-state index in [9.17, 15) is 5.26 Å². The summed E-state index contributed by atoms with van der Waals surface area (Å²) >= 11 is 0. The number of nitrogens with zero attached hydrogens (tertiary/aromatic N) is 4. The molecule has 0 saturated carbocycles. The molecule has 0 N–H and O–H groups in total. The van der Waals surface area contributed by atoms with E-state index in [1.54, 1.807) is 6.07 Å². The van der Waals surface area contributed by atoms with Gasteiger partial charge in [0.2, 0.25) is 0 Å². The van der Waals surface area contributed by atoms with Gasteiger partial charge in [-0.1, -0.05) is 6.07 Å². The third-order valence-electron chi connectivity index (χ3n) is 4.91. The fourth-order valence-corrected chi connectivity index (χ4v) is 3.47. The maximum absolute atomic E-state index is 9.53. The lowest BCUT2D eigenvalue weighted by Gasteiger charge is -2.30. The molecule has 24 heavy (non-hydrogen) atoms. The van der Waals surface area contributed by atoms with E-state index in [-0.39, 0.29) is 6.17 Å². The van der Waals surface area contributed by atoms with Gasteiger partial charge in [0.25, 0.3) is 0 Å². The zero-order valence-corrected chi connectivity index (χ0v) is 14.7. The maximum atomic E-state index is 9.53. The van der Waals surface area contributed by atoms with Crippen LogP contribution in [0.2, 0.25) is 0 Å². The van der Waals surface area contributed by atoms with Gasteiger partial charge in [-0.05, 0) is 62.6 Å². The van der Waals surface area contributed by atoms with Crippen molar-refractivity contribution in [2.24, 2.45) is 0 Å². The lowest BCUT2D eigenvalue weighted by Crippen LogP contribution is -2.36. The number of benzene rings is 2. The first-order valence-corrected chi connectivity index (χ1v) is 7.94. The van der Waals surface area contributed by atoms with E-state index in [1.807, 2.05) is 13.1 Å². The van der Waals surface area contributed by atoms with Crippen LogP contribution in [0.3, 0.4) is 0 Å². The molecule has 0 amide bonds. The Hall–Kier alpha value is -2.98. The van der Waals surface area contributed by atoms with Gasteiger partial charge in [0.05, 0.1) is 23.5 Å². The summed E-state index contributed by atoms with van der Waals surface area (Å²) in [6.07, 6.45) is 0.0768. The molecule has 3 rings (SSSR count). The third kappa shape index (κ3) is 2.20. The van der Waals surface area contributed by atoms with Crippen molar-refractivity contribution < 1.29 is 0 Å². The number of rotatable bonds is 1. The molecule has 2 aromatic rings.